The molecule has 0 aliphatic heterocycles. The molecule has 0 bridgehead atoms. The molecule has 1 aromatic rings. The van der Waals surface area contributed by atoms with E-state index in [4.69, 9.17) is 9.84 Å². The molecule has 0 aliphatic carbocycles. The second kappa shape index (κ2) is 8.66. The highest BCUT2D eigenvalue weighted by Gasteiger charge is 2.23. The van der Waals surface area contributed by atoms with Crippen LogP contribution in [0.3, 0.4) is 0 Å². The van der Waals surface area contributed by atoms with E-state index in [9.17, 15) is 14.4 Å². The van der Waals surface area contributed by atoms with Crippen LogP contribution in [0.25, 0.3) is 0 Å². The summed E-state index contributed by atoms with van der Waals surface area (Å²) in [5.41, 5.74) is 1.23. The predicted octanol–water partition coefficient (Wildman–Crippen LogP) is 1.25. The first-order chi connectivity index (χ1) is 10.5. The number of amides is 1. The average Bonchev–Trinajstić information content (AvgIpc) is 2.51. The molecule has 7 nitrogen and oxygen atoms in total. The van der Waals surface area contributed by atoms with Crippen LogP contribution in [0, 0.1) is 0 Å². The Kier molecular flexibility index (Phi) is 6.88. The van der Waals surface area contributed by atoms with Gasteiger partial charge in [-0.15, -0.1) is 0 Å². The predicted molar refractivity (Wildman–Crippen MR) is 80.7 cm³/mol. The van der Waals surface area contributed by atoms with Gasteiger partial charge in [-0.2, -0.15) is 0 Å². The van der Waals surface area contributed by atoms with Gasteiger partial charge in [0.15, 0.2) is 0 Å². The molecule has 0 unspecified atom stereocenters. The molecule has 0 radical (unpaired) electrons. The summed E-state index contributed by atoms with van der Waals surface area (Å²) in [6.07, 6.45) is -0.253. The van der Waals surface area contributed by atoms with Crippen molar-refractivity contribution in [1.29, 1.82) is 0 Å². The Morgan fingerprint density at radius 3 is 2.36 bits per heavy atom. The van der Waals surface area contributed by atoms with Crippen molar-refractivity contribution in [2.24, 2.45) is 0 Å². The molecule has 0 fully saturated rings. The molecule has 1 rings (SSSR count). The zero-order valence-electron chi connectivity index (χ0n) is 12.6. The lowest BCUT2D eigenvalue weighted by atomic mass is 10.1. The van der Waals surface area contributed by atoms with Gasteiger partial charge in [-0.25, -0.2) is 4.79 Å². The quantitative estimate of drug-likeness (QED) is 0.624. The summed E-state index contributed by atoms with van der Waals surface area (Å²) in [7, 11) is 1.76. The zero-order valence-corrected chi connectivity index (χ0v) is 12.6. The Balaban J connectivity index is 2.75. The maximum Gasteiger partial charge on any atom is 0.328 e. The van der Waals surface area contributed by atoms with E-state index in [1.165, 1.54) is 0 Å². The number of carboxylic acids is 1. The van der Waals surface area contributed by atoms with Crippen molar-refractivity contribution in [3.05, 3.63) is 29.8 Å². The van der Waals surface area contributed by atoms with Crippen LogP contribution in [0.1, 0.15) is 30.1 Å². The summed E-state index contributed by atoms with van der Waals surface area (Å²) in [6, 6.07) is 5.70. The second-order valence-corrected chi connectivity index (χ2v) is 4.54. The fraction of sp³-hybridized carbons (Fsp3) is 0.400. The minimum atomic E-state index is -1.04. The van der Waals surface area contributed by atoms with Crippen molar-refractivity contribution in [2.75, 3.05) is 19.0 Å². The largest absolute Gasteiger partial charge is 0.481 e. The van der Waals surface area contributed by atoms with Crippen molar-refractivity contribution in [3.8, 4) is 0 Å². The number of anilines is 1. The van der Waals surface area contributed by atoms with Crippen LogP contribution in [-0.2, 0) is 14.3 Å². The molecule has 0 heterocycles. The van der Waals surface area contributed by atoms with Crippen molar-refractivity contribution >= 4 is 23.5 Å². The summed E-state index contributed by atoms with van der Waals surface area (Å²) < 4.78 is 4.85. The standard InChI is InChI=1S/C15H20N2O5/c1-3-22-15(21)12(8-9-13(18)19)17-14(20)10-4-6-11(16-2)7-5-10/h4-7,12,16H,3,8-9H2,1-2H3,(H,17,20)(H,18,19)/t12-/m0/s1. The van der Waals surface area contributed by atoms with Gasteiger partial charge in [-0.1, -0.05) is 0 Å². The van der Waals surface area contributed by atoms with E-state index in [0.717, 1.165) is 5.69 Å². The van der Waals surface area contributed by atoms with Crippen molar-refractivity contribution in [1.82, 2.24) is 5.32 Å². The minimum absolute atomic E-state index is 0.0193. The zero-order chi connectivity index (χ0) is 16.5. The number of rotatable bonds is 8. The normalized spacial score (nSPS) is 11.4. The number of esters is 1. The van der Waals surface area contributed by atoms with Gasteiger partial charge in [0.05, 0.1) is 6.61 Å². The van der Waals surface area contributed by atoms with Crippen LogP contribution < -0.4 is 10.6 Å². The van der Waals surface area contributed by atoms with Gasteiger partial charge in [-0.3, -0.25) is 9.59 Å². The first-order valence-corrected chi connectivity index (χ1v) is 6.95. The molecule has 1 atom stereocenters. The first kappa shape index (κ1) is 17.5. The SMILES string of the molecule is CCOC(=O)[C@H](CCC(=O)O)NC(=O)c1ccc(NC)cc1. The number of hydrogen-bond donors (Lipinski definition) is 3. The number of nitrogens with one attached hydrogen (secondary N) is 2. The lowest BCUT2D eigenvalue weighted by Gasteiger charge is -2.16. The van der Waals surface area contributed by atoms with E-state index in [2.05, 4.69) is 10.6 Å². The second-order valence-electron chi connectivity index (χ2n) is 4.54. The summed E-state index contributed by atoms with van der Waals surface area (Å²) in [5, 5.41) is 14.2. The molecule has 120 valence electrons. The molecular formula is C15H20N2O5. The van der Waals surface area contributed by atoms with Gasteiger partial charge in [0.2, 0.25) is 0 Å². The van der Waals surface area contributed by atoms with Crippen LogP contribution in [-0.4, -0.2) is 42.6 Å². The number of aliphatic carboxylic acids is 1. The van der Waals surface area contributed by atoms with Crippen LogP contribution in [0.4, 0.5) is 5.69 Å². The molecule has 1 amide bonds. The molecule has 0 spiro atoms. The molecule has 22 heavy (non-hydrogen) atoms. The number of carbonyl (C=O) groups is 3. The third kappa shape index (κ3) is 5.43. The first-order valence-electron chi connectivity index (χ1n) is 6.95. The highest BCUT2D eigenvalue weighted by Crippen LogP contribution is 2.09. The maximum absolute atomic E-state index is 12.1. The number of carboxylic acid groups (broad SMARTS) is 1. The van der Waals surface area contributed by atoms with E-state index >= 15 is 0 Å². The molecule has 0 aliphatic rings. The molecule has 1 aromatic carbocycles. The van der Waals surface area contributed by atoms with Gasteiger partial charge in [0, 0.05) is 24.7 Å². The fourth-order valence-electron chi connectivity index (χ4n) is 1.79. The molecule has 0 aromatic heterocycles. The number of ether oxygens (including phenoxy) is 1. The smallest absolute Gasteiger partial charge is 0.328 e. The highest BCUT2D eigenvalue weighted by atomic mass is 16.5. The van der Waals surface area contributed by atoms with Crippen molar-refractivity contribution < 1.29 is 24.2 Å². The summed E-state index contributed by atoms with van der Waals surface area (Å²) >= 11 is 0. The minimum Gasteiger partial charge on any atom is -0.481 e. The van der Waals surface area contributed by atoms with Gasteiger partial charge in [0.1, 0.15) is 6.04 Å². The maximum atomic E-state index is 12.1. The summed E-state index contributed by atoms with van der Waals surface area (Å²) in [5.74, 6) is -2.13. The van der Waals surface area contributed by atoms with Crippen LogP contribution in [0.2, 0.25) is 0 Å². The van der Waals surface area contributed by atoms with Crippen LogP contribution in [0.15, 0.2) is 24.3 Å². The van der Waals surface area contributed by atoms with Crippen LogP contribution >= 0.6 is 0 Å². The van der Waals surface area contributed by atoms with E-state index in [0.29, 0.717) is 5.56 Å². The number of benzene rings is 1. The van der Waals surface area contributed by atoms with E-state index in [1.54, 1.807) is 38.2 Å². The van der Waals surface area contributed by atoms with Gasteiger partial charge in [0.25, 0.3) is 5.91 Å². The summed E-state index contributed by atoms with van der Waals surface area (Å²) in [4.78, 5) is 34.5. The van der Waals surface area contributed by atoms with Crippen LogP contribution in [0.5, 0.6) is 0 Å². The molecule has 7 heteroatoms. The topological polar surface area (TPSA) is 105 Å². The molecular weight excluding hydrogens is 288 g/mol. The van der Waals surface area contributed by atoms with Gasteiger partial charge < -0.3 is 20.5 Å². The monoisotopic (exact) mass is 308 g/mol. The Morgan fingerprint density at radius 2 is 1.86 bits per heavy atom. The van der Waals surface area contributed by atoms with Gasteiger partial charge in [-0.05, 0) is 37.6 Å². The molecule has 3 N–H and O–H groups in total. The van der Waals surface area contributed by atoms with Crippen molar-refractivity contribution in [3.63, 3.8) is 0 Å². The highest BCUT2D eigenvalue weighted by molar-refractivity contribution is 5.97. The molecule has 0 saturated carbocycles. The Labute approximate surface area is 128 Å². The van der Waals surface area contributed by atoms with E-state index in [-0.39, 0.29) is 19.4 Å². The average molecular weight is 308 g/mol. The Bertz CT molecular complexity index is 527. The van der Waals surface area contributed by atoms with E-state index < -0.39 is 23.9 Å². The fourth-order valence-corrected chi connectivity index (χ4v) is 1.79. The summed E-state index contributed by atoms with van der Waals surface area (Å²) in [6.45, 7) is 1.81. The van der Waals surface area contributed by atoms with E-state index in [1.807, 2.05) is 0 Å². The number of carbonyl (C=O) groups excluding carboxylic acids is 2. The van der Waals surface area contributed by atoms with Crippen molar-refractivity contribution in [2.45, 2.75) is 25.8 Å². The third-order valence-corrected chi connectivity index (χ3v) is 2.96. The van der Waals surface area contributed by atoms with Gasteiger partial charge >= 0.3 is 11.9 Å². The molecule has 0 saturated heterocycles. The Morgan fingerprint density at radius 1 is 1.23 bits per heavy atom. The lowest BCUT2D eigenvalue weighted by molar-refractivity contribution is -0.146. The Hall–Kier alpha value is -2.57. The third-order valence-electron chi connectivity index (χ3n) is 2.96. The number of hydrogen-bond acceptors (Lipinski definition) is 5. The lowest BCUT2D eigenvalue weighted by Crippen LogP contribution is -2.42.